The molecule has 0 spiro atoms. The molecule has 13 heteroatoms. The van der Waals surface area contributed by atoms with Crippen molar-refractivity contribution < 1.29 is 37.5 Å². The van der Waals surface area contributed by atoms with Crippen molar-refractivity contribution in [3.05, 3.63) is 147 Å². The Hall–Kier alpha value is -4.13. The normalized spacial score (nSPS) is 21.5. The minimum Gasteiger partial charge on any atom is -0.497 e. The van der Waals surface area contributed by atoms with Crippen LogP contribution < -0.4 is 16.0 Å². The number of hydrogen-bond donors (Lipinski definition) is 2. The van der Waals surface area contributed by atoms with E-state index in [1.54, 1.807) is 13.2 Å². The summed E-state index contributed by atoms with van der Waals surface area (Å²) < 4.78 is 49.4. The minimum absolute atomic E-state index is 0.175. The summed E-state index contributed by atoms with van der Waals surface area (Å²) in [5, 5.41) is 0. The van der Waals surface area contributed by atoms with Crippen LogP contribution in [0.1, 0.15) is 29.3 Å². The number of nitrogens with zero attached hydrogens (tertiary/aromatic N) is 1. The zero-order valence-corrected chi connectivity index (χ0v) is 27.0. The van der Waals surface area contributed by atoms with E-state index in [2.05, 4.69) is 11.6 Å². The lowest BCUT2D eigenvalue weighted by molar-refractivity contribution is -0.142. The second-order valence-corrected chi connectivity index (χ2v) is 12.3. The number of phosphoric acid groups is 1. The molecule has 3 aromatic carbocycles. The van der Waals surface area contributed by atoms with Crippen LogP contribution in [0.25, 0.3) is 0 Å². The van der Waals surface area contributed by atoms with Crippen molar-refractivity contribution in [1.82, 2.24) is 9.55 Å². The number of rotatable bonds is 14. The van der Waals surface area contributed by atoms with E-state index in [4.69, 9.17) is 28.0 Å². The van der Waals surface area contributed by atoms with E-state index >= 15 is 0 Å². The molecule has 0 bridgehead atoms. The molecule has 0 radical (unpaired) electrons. The third-order valence-corrected chi connectivity index (χ3v) is 9.03. The Morgan fingerprint density at radius 3 is 2.04 bits per heavy atom. The van der Waals surface area contributed by atoms with Gasteiger partial charge in [-0.05, 0) is 35.2 Å². The van der Waals surface area contributed by atoms with E-state index in [-0.39, 0.29) is 6.42 Å². The topological polar surface area (TPSA) is 148 Å². The van der Waals surface area contributed by atoms with Gasteiger partial charge >= 0.3 is 13.5 Å². The van der Waals surface area contributed by atoms with E-state index in [0.29, 0.717) is 5.75 Å². The van der Waals surface area contributed by atoms with Crippen LogP contribution in [0.4, 0.5) is 0 Å². The summed E-state index contributed by atoms with van der Waals surface area (Å²) in [6.07, 6.45) is -2.63. The first-order chi connectivity index (χ1) is 22.7. The lowest BCUT2D eigenvalue weighted by atomic mass is 9.79. The van der Waals surface area contributed by atoms with E-state index in [0.717, 1.165) is 34.4 Å². The molecule has 1 saturated heterocycles. The van der Waals surface area contributed by atoms with Gasteiger partial charge in [0.05, 0.1) is 13.2 Å². The van der Waals surface area contributed by atoms with Gasteiger partial charge in [-0.2, -0.15) is 0 Å². The van der Waals surface area contributed by atoms with Crippen LogP contribution >= 0.6 is 7.82 Å². The highest BCUT2D eigenvalue weighted by molar-refractivity contribution is 7.47. The lowest BCUT2D eigenvalue weighted by Gasteiger charge is -2.41. The number of nitrogens with one attached hydrogen (secondary N) is 1. The second-order valence-electron chi connectivity index (χ2n) is 10.8. The van der Waals surface area contributed by atoms with E-state index in [9.17, 15) is 19.0 Å². The van der Waals surface area contributed by atoms with Gasteiger partial charge in [-0.1, -0.05) is 78.9 Å². The Morgan fingerprint density at radius 1 is 0.936 bits per heavy atom. The Balaban J connectivity index is 1.71. The average molecular weight is 665 g/mol. The molecule has 47 heavy (non-hydrogen) atoms. The summed E-state index contributed by atoms with van der Waals surface area (Å²) in [6.45, 7) is 3.95. The molecule has 1 aliphatic rings. The Bertz CT molecular complexity index is 1760. The zero-order valence-electron chi connectivity index (χ0n) is 26.1. The van der Waals surface area contributed by atoms with Gasteiger partial charge in [0.2, 0.25) is 0 Å². The summed E-state index contributed by atoms with van der Waals surface area (Å²) in [5.74, 6) is 0.648. The smallest absolute Gasteiger partial charge is 0.472 e. The first-order valence-electron chi connectivity index (χ1n) is 14.8. The molecule has 1 fully saturated rings. The van der Waals surface area contributed by atoms with Crippen molar-refractivity contribution in [1.29, 1.82) is 0 Å². The monoisotopic (exact) mass is 664 g/mol. The maximum Gasteiger partial charge on any atom is 0.472 e. The third-order valence-electron chi connectivity index (χ3n) is 8.06. The van der Waals surface area contributed by atoms with E-state index < -0.39 is 55.3 Å². The highest BCUT2D eigenvalue weighted by atomic mass is 31.2. The van der Waals surface area contributed by atoms with Crippen LogP contribution in [-0.2, 0) is 33.4 Å². The Labute approximate surface area is 271 Å². The molecule has 248 valence electrons. The molecule has 1 aliphatic heterocycles. The van der Waals surface area contributed by atoms with Crippen molar-refractivity contribution in [2.24, 2.45) is 0 Å². The summed E-state index contributed by atoms with van der Waals surface area (Å²) in [4.78, 5) is 37.5. The summed E-state index contributed by atoms with van der Waals surface area (Å²) in [7, 11) is -0.669. The fraction of sp³-hybridized carbons (Fsp3) is 0.294. The van der Waals surface area contributed by atoms with Gasteiger partial charge in [-0.3, -0.25) is 23.4 Å². The molecular formula is C34H37N2O10P. The van der Waals surface area contributed by atoms with Gasteiger partial charge in [0.1, 0.15) is 29.7 Å². The quantitative estimate of drug-likeness (QED) is 0.112. The lowest BCUT2D eigenvalue weighted by Crippen LogP contribution is -2.46. The van der Waals surface area contributed by atoms with Gasteiger partial charge in [0.15, 0.2) is 6.23 Å². The predicted molar refractivity (Wildman–Crippen MR) is 173 cm³/mol. The van der Waals surface area contributed by atoms with Crippen molar-refractivity contribution in [3.8, 4) is 5.75 Å². The molecular weight excluding hydrogens is 627 g/mol. The van der Waals surface area contributed by atoms with Gasteiger partial charge < -0.3 is 23.8 Å². The molecule has 4 aromatic rings. The molecule has 5 rings (SSSR count). The number of benzene rings is 3. The summed E-state index contributed by atoms with van der Waals surface area (Å²) in [5.41, 5.74) is -0.336. The van der Waals surface area contributed by atoms with Crippen LogP contribution in [0.5, 0.6) is 5.75 Å². The summed E-state index contributed by atoms with van der Waals surface area (Å²) >= 11 is 0. The zero-order chi connectivity index (χ0) is 33.6. The number of ether oxygens (including phenoxy) is 4. The molecule has 2 heterocycles. The SMILES string of the molecule is C=CC[C@H](OC(c1ccccc1)(c1ccccc1)c1ccc(OC)cc1)[C@@H]1O[C@@H](n2ccc(=O)[nH]c2=O)[C@H](OC)[C@@H]1OP(=O)(O)OC. The molecule has 1 aromatic heterocycles. The van der Waals surface area contributed by atoms with Gasteiger partial charge in [0.25, 0.3) is 5.56 Å². The highest BCUT2D eigenvalue weighted by Crippen LogP contribution is 2.50. The van der Waals surface area contributed by atoms with Crippen LogP contribution in [0.2, 0.25) is 0 Å². The first kappa shape index (κ1) is 34.2. The first-order valence-corrected chi connectivity index (χ1v) is 16.3. The fourth-order valence-corrected chi connectivity index (χ4v) is 6.53. The Kier molecular flexibility index (Phi) is 10.7. The minimum atomic E-state index is -4.64. The number of hydrogen-bond acceptors (Lipinski definition) is 9. The van der Waals surface area contributed by atoms with Crippen LogP contribution in [0.3, 0.4) is 0 Å². The maximum absolute atomic E-state index is 12.9. The van der Waals surface area contributed by atoms with Gasteiger partial charge in [-0.25, -0.2) is 9.36 Å². The highest BCUT2D eigenvalue weighted by Gasteiger charge is 2.54. The molecule has 2 N–H and O–H groups in total. The molecule has 1 unspecified atom stereocenters. The van der Waals surface area contributed by atoms with E-state index in [1.807, 2.05) is 84.9 Å². The van der Waals surface area contributed by atoms with Crippen molar-refractivity contribution >= 4 is 7.82 Å². The molecule has 0 saturated carbocycles. The van der Waals surface area contributed by atoms with Crippen LogP contribution in [0, 0.1) is 0 Å². The molecule has 6 atom stereocenters. The van der Waals surface area contributed by atoms with E-state index in [1.165, 1.54) is 13.3 Å². The summed E-state index contributed by atoms with van der Waals surface area (Å²) in [6, 6.07) is 27.8. The van der Waals surface area contributed by atoms with Crippen molar-refractivity contribution in [3.63, 3.8) is 0 Å². The van der Waals surface area contributed by atoms with Crippen LogP contribution in [0.15, 0.2) is 119 Å². The maximum atomic E-state index is 12.9. The van der Waals surface area contributed by atoms with Crippen molar-refractivity contribution in [2.45, 2.75) is 42.7 Å². The second kappa shape index (κ2) is 14.7. The number of aromatic nitrogens is 2. The largest absolute Gasteiger partial charge is 0.497 e. The predicted octanol–water partition coefficient (Wildman–Crippen LogP) is 4.54. The Morgan fingerprint density at radius 2 is 1.53 bits per heavy atom. The van der Waals surface area contributed by atoms with Crippen molar-refractivity contribution in [2.75, 3.05) is 21.3 Å². The average Bonchev–Trinajstić information content (AvgIpc) is 3.44. The standard InChI is InChI=1S/C34H37N2O10P/c1-5-12-27(29-30(46-47(39,40)43-4)31(42-3)32(44-29)36-22-21-28(37)35-33(36)38)45-34(23-13-8-6-9-14-23,24-15-10-7-11-16-24)25-17-19-26(41-2)20-18-25/h5-11,13-22,27,29-32H,1,12H2,2-4H3,(H,39,40)(H,35,37,38)/t27-,29-,30+,31+,32+/m0/s1. The number of phosphoric ester groups is 1. The number of methoxy groups -OCH3 is 2. The van der Waals surface area contributed by atoms with Gasteiger partial charge in [-0.15, -0.1) is 6.58 Å². The molecule has 0 aliphatic carbocycles. The molecule has 0 amide bonds. The van der Waals surface area contributed by atoms with Crippen LogP contribution in [-0.4, -0.2) is 60.2 Å². The molecule has 12 nitrogen and oxygen atoms in total. The third kappa shape index (κ3) is 7.09. The van der Waals surface area contributed by atoms with Gasteiger partial charge in [0, 0.05) is 26.5 Å². The fourth-order valence-electron chi connectivity index (χ4n) is 5.90. The number of H-pyrrole nitrogens is 1. The number of aromatic amines is 1.